The summed E-state index contributed by atoms with van der Waals surface area (Å²) in [5.74, 6) is -0.144. The van der Waals surface area contributed by atoms with Crippen LogP contribution in [0, 0.1) is 5.82 Å². The number of likely N-dealkylation sites (tertiary alicyclic amines) is 1. The van der Waals surface area contributed by atoms with Gasteiger partial charge in [-0.15, -0.1) is 11.3 Å². The largest absolute Gasteiger partial charge is 0.338 e. The van der Waals surface area contributed by atoms with E-state index < -0.39 is 0 Å². The highest BCUT2D eigenvalue weighted by Gasteiger charge is 2.18. The predicted molar refractivity (Wildman–Crippen MR) is 80.8 cm³/mol. The number of fused-ring (bicyclic) bond motifs is 1. The van der Waals surface area contributed by atoms with E-state index in [0.29, 0.717) is 0 Å². The summed E-state index contributed by atoms with van der Waals surface area (Å²) in [6.45, 7) is 1.70. The number of carbonyl (C=O) groups is 1. The first-order chi connectivity index (χ1) is 9.74. The van der Waals surface area contributed by atoms with Crippen molar-refractivity contribution in [3.63, 3.8) is 0 Å². The van der Waals surface area contributed by atoms with Crippen molar-refractivity contribution in [3.05, 3.63) is 35.0 Å². The highest BCUT2D eigenvalue weighted by molar-refractivity contribution is 7.20. The second-order valence-electron chi connectivity index (χ2n) is 5.35. The monoisotopic (exact) mass is 291 g/mol. The highest BCUT2D eigenvalue weighted by Crippen LogP contribution is 2.27. The summed E-state index contributed by atoms with van der Waals surface area (Å²) >= 11 is 1.46. The maximum Gasteiger partial charge on any atom is 0.263 e. The molecule has 1 fully saturated rings. The molecule has 2 heterocycles. The molecule has 1 aromatic carbocycles. The van der Waals surface area contributed by atoms with E-state index >= 15 is 0 Å². The average molecular weight is 291 g/mol. The first-order valence-corrected chi connectivity index (χ1v) is 8.04. The molecule has 2 nitrogen and oxygen atoms in total. The molecule has 0 N–H and O–H groups in total. The maximum absolute atomic E-state index is 13.2. The van der Waals surface area contributed by atoms with Gasteiger partial charge in [-0.2, -0.15) is 0 Å². The Hall–Kier alpha value is -1.42. The van der Waals surface area contributed by atoms with Gasteiger partial charge in [0.05, 0.1) is 4.88 Å². The molecule has 20 heavy (non-hydrogen) atoms. The fourth-order valence-corrected chi connectivity index (χ4v) is 3.74. The number of carbonyl (C=O) groups excluding carboxylic acids is 1. The molecule has 3 rings (SSSR count). The second kappa shape index (κ2) is 5.92. The van der Waals surface area contributed by atoms with Crippen molar-refractivity contribution >= 4 is 27.3 Å². The summed E-state index contributed by atoms with van der Waals surface area (Å²) in [5, 5.41) is 0.824. The number of halogens is 1. The van der Waals surface area contributed by atoms with Crippen LogP contribution in [-0.2, 0) is 0 Å². The lowest BCUT2D eigenvalue weighted by molar-refractivity contribution is 0.0747. The van der Waals surface area contributed by atoms with Crippen molar-refractivity contribution in [1.82, 2.24) is 4.90 Å². The minimum absolute atomic E-state index is 0.105. The van der Waals surface area contributed by atoms with Crippen LogP contribution in [0.2, 0.25) is 0 Å². The van der Waals surface area contributed by atoms with Crippen LogP contribution in [0.15, 0.2) is 24.3 Å². The Labute approximate surface area is 122 Å². The lowest BCUT2D eigenvalue weighted by Crippen LogP contribution is -2.33. The van der Waals surface area contributed by atoms with Crippen molar-refractivity contribution in [2.75, 3.05) is 13.1 Å². The molecule has 0 bridgehead atoms. The lowest BCUT2D eigenvalue weighted by Gasteiger charge is -2.24. The quantitative estimate of drug-likeness (QED) is 0.760. The Balaban J connectivity index is 1.83. The van der Waals surface area contributed by atoms with Crippen molar-refractivity contribution < 1.29 is 9.18 Å². The van der Waals surface area contributed by atoms with E-state index in [0.717, 1.165) is 40.9 Å². The first kappa shape index (κ1) is 13.6. The van der Waals surface area contributed by atoms with Gasteiger partial charge in [-0.25, -0.2) is 4.39 Å². The van der Waals surface area contributed by atoms with Gasteiger partial charge in [-0.05, 0) is 42.5 Å². The normalized spacial score (nSPS) is 16.9. The Kier molecular flexibility index (Phi) is 4.01. The number of benzene rings is 1. The van der Waals surface area contributed by atoms with E-state index in [2.05, 4.69) is 0 Å². The molecule has 106 valence electrons. The summed E-state index contributed by atoms with van der Waals surface area (Å²) < 4.78 is 14.2. The molecule has 1 aliphatic rings. The van der Waals surface area contributed by atoms with Gasteiger partial charge in [0.1, 0.15) is 5.82 Å². The molecule has 0 radical (unpaired) electrons. The topological polar surface area (TPSA) is 20.3 Å². The van der Waals surface area contributed by atoms with Gasteiger partial charge >= 0.3 is 0 Å². The fraction of sp³-hybridized carbons (Fsp3) is 0.438. The molecule has 0 saturated carbocycles. The number of thiophene rings is 1. The molecule has 0 atom stereocenters. The highest BCUT2D eigenvalue weighted by atomic mass is 32.1. The van der Waals surface area contributed by atoms with E-state index in [9.17, 15) is 9.18 Å². The molecular weight excluding hydrogens is 273 g/mol. The van der Waals surface area contributed by atoms with Crippen LogP contribution in [-0.4, -0.2) is 23.9 Å². The van der Waals surface area contributed by atoms with Crippen LogP contribution in [0.25, 0.3) is 10.1 Å². The summed E-state index contributed by atoms with van der Waals surface area (Å²) in [4.78, 5) is 15.2. The van der Waals surface area contributed by atoms with Gasteiger partial charge in [0.25, 0.3) is 5.91 Å². The molecule has 2 aromatic rings. The smallest absolute Gasteiger partial charge is 0.263 e. The third-order valence-electron chi connectivity index (χ3n) is 3.83. The minimum atomic E-state index is -0.249. The molecule has 1 aliphatic heterocycles. The molecule has 1 aromatic heterocycles. The van der Waals surface area contributed by atoms with Crippen molar-refractivity contribution in [3.8, 4) is 0 Å². The Morgan fingerprint density at radius 2 is 1.75 bits per heavy atom. The fourth-order valence-electron chi connectivity index (χ4n) is 2.73. The third kappa shape index (κ3) is 2.85. The summed E-state index contributed by atoms with van der Waals surface area (Å²) in [7, 11) is 0. The van der Waals surface area contributed by atoms with Crippen LogP contribution in [0.5, 0.6) is 0 Å². The summed E-state index contributed by atoms with van der Waals surface area (Å²) in [5.41, 5.74) is 0. The van der Waals surface area contributed by atoms with Gasteiger partial charge in [0.15, 0.2) is 0 Å². The van der Waals surface area contributed by atoms with E-state index in [1.165, 1.54) is 42.7 Å². The Morgan fingerprint density at radius 3 is 2.50 bits per heavy atom. The molecule has 1 saturated heterocycles. The number of hydrogen-bond acceptors (Lipinski definition) is 2. The maximum atomic E-state index is 13.2. The number of amides is 1. The van der Waals surface area contributed by atoms with Crippen LogP contribution in [0.3, 0.4) is 0 Å². The minimum Gasteiger partial charge on any atom is -0.338 e. The zero-order valence-corrected chi connectivity index (χ0v) is 12.2. The van der Waals surface area contributed by atoms with E-state index in [4.69, 9.17) is 0 Å². The number of hydrogen-bond donors (Lipinski definition) is 0. The number of nitrogens with zero attached hydrogens (tertiary/aromatic N) is 1. The van der Waals surface area contributed by atoms with Gasteiger partial charge in [-0.3, -0.25) is 4.79 Å². The molecular formula is C16H18FNOS. The van der Waals surface area contributed by atoms with E-state index in [-0.39, 0.29) is 11.7 Å². The Bertz CT molecular complexity index is 614. The van der Waals surface area contributed by atoms with Gasteiger partial charge in [0, 0.05) is 17.8 Å². The van der Waals surface area contributed by atoms with Crippen molar-refractivity contribution in [2.45, 2.75) is 32.1 Å². The van der Waals surface area contributed by atoms with Crippen molar-refractivity contribution in [1.29, 1.82) is 0 Å². The van der Waals surface area contributed by atoms with E-state index in [1.807, 2.05) is 11.0 Å². The summed E-state index contributed by atoms with van der Waals surface area (Å²) in [6, 6.07) is 6.52. The third-order valence-corrected chi connectivity index (χ3v) is 4.94. The van der Waals surface area contributed by atoms with Gasteiger partial charge < -0.3 is 4.90 Å². The molecule has 0 unspecified atom stereocenters. The van der Waals surface area contributed by atoms with Gasteiger partial charge in [0.2, 0.25) is 0 Å². The van der Waals surface area contributed by atoms with Crippen LogP contribution < -0.4 is 0 Å². The van der Waals surface area contributed by atoms with Crippen molar-refractivity contribution in [2.24, 2.45) is 0 Å². The SMILES string of the molecule is O=C(c1cc2cc(F)ccc2s1)N1CCCCCCC1. The van der Waals surface area contributed by atoms with Crippen LogP contribution in [0.1, 0.15) is 41.8 Å². The Morgan fingerprint density at radius 1 is 1.05 bits per heavy atom. The molecule has 1 amide bonds. The first-order valence-electron chi connectivity index (χ1n) is 7.22. The predicted octanol–water partition coefficient (Wildman–Crippen LogP) is 4.45. The average Bonchev–Trinajstić information content (AvgIpc) is 2.80. The molecule has 0 aliphatic carbocycles. The van der Waals surface area contributed by atoms with Crippen LogP contribution >= 0.6 is 11.3 Å². The zero-order chi connectivity index (χ0) is 13.9. The van der Waals surface area contributed by atoms with Gasteiger partial charge in [-0.1, -0.05) is 19.3 Å². The zero-order valence-electron chi connectivity index (χ0n) is 11.4. The number of rotatable bonds is 1. The lowest BCUT2D eigenvalue weighted by atomic mass is 10.1. The second-order valence-corrected chi connectivity index (χ2v) is 6.44. The van der Waals surface area contributed by atoms with Crippen LogP contribution in [0.4, 0.5) is 4.39 Å². The summed E-state index contributed by atoms with van der Waals surface area (Å²) in [6.07, 6.45) is 5.88. The van der Waals surface area contributed by atoms with E-state index in [1.54, 1.807) is 6.07 Å². The molecule has 0 spiro atoms. The standard InChI is InChI=1S/C16H18FNOS/c17-13-6-7-14-12(10-13)11-15(20-14)16(19)18-8-4-2-1-3-5-9-18/h6-7,10-11H,1-5,8-9H2. The molecule has 4 heteroatoms.